The molecule has 1 rings (SSSR count). The van der Waals surface area contributed by atoms with Crippen LogP contribution in [-0.2, 0) is 17.9 Å². The van der Waals surface area contributed by atoms with Crippen LogP contribution in [0.25, 0.3) is 0 Å². The summed E-state index contributed by atoms with van der Waals surface area (Å²) in [4.78, 5) is 0. The molecule has 0 saturated heterocycles. The summed E-state index contributed by atoms with van der Waals surface area (Å²) in [6, 6.07) is 4.63. The summed E-state index contributed by atoms with van der Waals surface area (Å²) in [5.41, 5.74) is 7.35. The van der Waals surface area contributed by atoms with Crippen molar-refractivity contribution < 1.29 is 9.13 Å². The Balaban J connectivity index is 2.69. The van der Waals surface area contributed by atoms with E-state index in [1.54, 1.807) is 6.07 Å². The molecule has 0 spiro atoms. The third kappa shape index (κ3) is 3.61. The molecule has 0 fully saturated rings. The topological polar surface area (TPSA) is 35.2 Å². The van der Waals surface area contributed by atoms with Gasteiger partial charge in [0.15, 0.2) is 0 Å². The molecular weight excluding hydrogens is 193 g/mol. The van der Waals surface area contributed by atoms with Crippen LogP contribution in [0.3, 0.4) is 0 Å². The fourth-order valence-corrected chi connectivity index (χ4v) is 1.28. The van der Waals surface area contributed by atoms with Crippen molar-refractivity contribution in [1.82, 2.24) is 0 Å². The van der Waals surface area contributed by atoms with Gasteiger partial charge >= 0.3 is 0 Å². The minimum Gasteiger partial charge on any atom is -0.374 e. The smallest absolute Gasteiger partial charge is 0.123 e. The van der Waals surface area contributed by atoms with E-state index in [0.717, 1.165) is 17.5 Å². The normalized spacial score (nSPS) is 12.8. The van der Waals surface area contributed by atoms with Crippen molar-refractivity contribution in [3.63, 3.8) is 0 Å². The van der Waals surface area contributed by atoms with Crippen LogP contribution in [0.4, 0.5) is 4.39 Å². The molecule has 3 heteroatoms. The Morgan fingerprint density at radius 2 is 2.13 bits per heavy atom. The van der Waals surface area contributed by atoms with Crippen molar-refractivity contribution in [2.45, 2.75) is 39.5 Å². The fraction of sp³-hybridized carbons (Fsp3) is 0.500. The molecule has 2 N–H and O–H groups in total. The molecule has 0 heterocycles. The van der Waals surface area contributed by atoms with Crippen LogP contribution < -0.4 is 5.73 Å². The second kappa shape index (κ2) is 5.83. The summed E-state index contributed by atoms with van der Waals surface area (Å²) in [5.74, 6) is -0.241. The number of hydrogen-bond donors (Lipinski definition) is 1. The maximum Gasteiger partial charge on any atom is 0.123 e. The van der Waals surface area contributed by atoms with Crippen molar-refractivity contribution in [3.8, 4) is 0 Å². The lowest BCUT2D eigenvalue weighted by Gasteiger charge is -2.13. The maximum atomic E-state index is 13.0. The lowest BCUT2D eigenvalue weighted by molar-refractivity contribution is 0.0503. The van der Waals surface area contributed by atoms with Gasteiger partial charge in [-0.1, -0.05) is 13.0 Å². The highest BCUT2D eigenvalue weighted by Gasteiger charge is 2.05. The fourth-order valence-electron chi connectivity index (χ4n) is 1.28. The lowest BCUT2D eigenvalue weighted by atomic mass is 10.1. The van der Waals surface area contributed by atoms with E-state index in [1.165, 1.54) is 12.1 Å². The van der Waals surface area contributed by atoms with Gasteiger partial charge in [0, 0.05) is 6.54 Å². The first kappa shape index (κ1) is 12.1. The first-order chi connectivity index (χ1) is 7.17. The van der Waals surface area contributed by atoms with E-state index >= 15 is 0 Å². The first-order valence-electron chi connectivity index (χ1n) is 5.26. The minimum absolute atomic E-state index is 0.193. The third-order valence-corrected chi connectivity index (χ3v) is 2.49. The molecule has 0 saturated carbocycles. The van der Waals surface area contributed by atoms with Crippen molar-refractivity contribution in [1.29, 1.82) is 0 Å². The van der Waals surface area contributed by atoms with Gasteiger partial charge in [-0.05, 0) is 36.6 Å². The van der Waals surface area contributed by atoms with Crippen molar-refractivity contribution in [2.75, 3.05) is 0 Å². The summed E-state index contributed by atoms with van der Waals surface area (Å²) < 4.78 is 18.5. The Labute approximate surface area is 90.2 Å². The number of hydrogen-bond acceptors (Lipinski definition) is 2. The van der Waals surface area contributed by atoms with Crippen LogP contribution in [0.15, 0.2) is 18.2 Å². The van der Waals surface area contributed by atoms with E-state index in [1.807, 2.05) is 6.92 Å². The number of nitrogens with two attached hydrogens (primary N) is 1. The molecule has 0 aromatic heterocycles. The number of benzene rings is 1. The van der Waals surface area contributed by atoms with Crippen LogP contribution in [0.5, 0.6) is 0 Å². The van der Waals surface area contributed by atoms with Crippen LogP contribution in [0.1, 0.15) is 31.4 Å². The average Bonchev–Trinajstić information content (AvgIpc) is 2.26. The molecule has 1 aromatic rings. The molecule has 0 aliphatic rings. The molecule has 1 aromatic carbocycles. The van der Waals surface area contributed by atoms with Gasteiger partial charge in [0.2, 0.25) is 0 Å². The zero-order chi connectivity index (χ0) is 11.3. The van der Waals surface area contributed by atoms with E-state index < -0.39 is 0 Å². The Bertz CT molecular complexity index is 314. The Morgan fingerprint density at radius 1 is 1.40 bits per heavy atom. The Hall–Kier alpha value is -0.930. The molecule has 1 atom stereocenters. The molecule has 0 aliphatic carbocycles. The molecule has 0 amide bonds. The van der Waals surface area contributed by atoms with E-state index in [0.29, 0.717) is 13.2 Å². The summed E-state index contributed by atoms with van der Waals surface area (Å²) in [7, 11) is 0. The molecule has 2 nitrogen and oxygen atoms in total. The van der Waals surface area contributed by atoms with Gasteiger partial charge in [-0.15, -0.1) is 0 Å². The van der Waals surface area contributed by atoms with E-state index in [-0.39, 0.29) is 11.9 Å². The van der Waals surface area contributed by atoms with Gasteiger partial charge in [-0.25, -0.2) is 4.39 Å². The molecular formula is C12H18FNO. The SMILES string of the molecule is CCC(C)OCc1cc(F)ccc1CN. The molecule has 0 bridgehead atoms. The second-order valence-corrected chi connectivity index (χ2v) is 3.65. The van der Waals surface area contributed by atoms with E-state index in [2.05, 4.69) is 6.92 Å². The predicted octanol–water partition coefficient (Wildman–Crippen LogP) is 2.60. The molecule has 15 heavy (non-hydrogen) atoms. The van der Waals surface area contributed by atoms with Crippen LogP contribution in [0.2, 0.25) is 0 Å². The second-order valence-electron chi connectivity index (χ2n) is 3.65. The summed E-state index contributed by atoms with van der Waals surface area (Å²) in [5, 5.41) is 0. The highest BCUT2D eigenvalue weighted by molar-refractivity contribution is 5.27. The van der Waals surface area contributed by atoms with Crippen LogP contribution >= 0.6 is 0 Å². The van der Waals surface area contributed by atoms with Gasteiger partial charge in [-0.2, -0.15) is 0 Å². The first-order valence-corrected chi connectivity index (χ1v) is 5.26. The largest absolute Gasteiger partial charge is 0.374 e. The zero-order valence-electron chi connectivity index (χ0n) is 9.29. The van der Waals surface area contributed by atoms with Crippen molar-refractivity contribution in [3.05, 3.63) is 35.1 Å². The monoisotopic (exact) mass is 211 g/mol. The number of halogens is 1. The third-order valence-electron chi connectivity index (χ3n) is 2.49. The Kier molecular flexibility index (Phi) is 4.72. The lowest BCUT2D eigenvalue weighted by Crippen LogP contribution is -2.09. The highest BCUT2D eigenvalue weighted by atomic mass is 19.1. The standard InChI is InChI=1S/C12H18FNO/c1-3-9(2)15-8-11-6-12(13)5-4-10(11)7-14/h4-6,9H,3,7-8,14H2,1-2H3. The number of ether oxygens (including phenoxy) is 1. The minimum atomic E-state index is -0.241. The van der Waals surface area contributed by atoms with E-state index in [4.69, 9.17) is 10.5 Å². The van der Waals surface area contributed by atoms with Gasteiger partial charge in [0.05, 0.1) is 12.7 Å². The van der Waals surface area contributed by atoms with Crippen molar-refractivity contribution >= 4 is 0 Å². The number of rotatable bonds is 5. The average molecular weight is 211 g/mol. The molecule has 84 valence electrons. The maximum absolute atomic E-state index is 13.0. The van der Waals surface area contributed by atoms with E-state index in [9.17, 15) is 4.39 Å². The van der Waals surface area contributed by atoms with Crippen LogP contribution in [-0.4, -0.2) is 6.10 Å². The van der Waals surface area contributed by atoms with Gasteiger partial charge < -0.3 is 10.5 Å². The summed E-state index contributed by atoms with van der Waals surface area (Å²) in [6.07, 6.45) is 1.15. The Morgan fingerprint density at radius 3 is 2.73 bits per heavy atom. The van der Waals surface area contributed by atoms with Gasteiger partial charge in [0.25, 0.3) is 0 Å². The predicted molar refractivity (Wildman–Crippen MR) is 58.8 cm³/mol. The quantitative estimate of drug-likeness (QED) is 0.812. The molecule has 0 radical (unpaired) electrons. The molecule has 1 unspecified atom stereocenters. The summed E-state index contributed by atoms with van der Waals surface area (Å²) >= 11 is 0. The zero-order valence-corrected chi connectivity index (χ0v) is 9.29. The van der Waals surface area contributed by atoms with Gasteiger partial charge in [0.1, 0.15) is 5.82 Å². The summed E-state index contributed by atoms with van der Waals surface area (Å²) in [6.45, 7) is 4.90. The highest BCUT2D eigenvalue weighted by Crippen LogP contribution is 2.13. The molecule has 0 aliphatic heterocycles. The van der Waals surface area contributed by atoms with Crippen LogP contribution in [0, 0.1) is 5.82 Å². The van der Waals surface area contributed by atoms with Crippen molar-refractivity contribution in [2.24, 2.45) is 5.73 Å². The van der Waals surface area contributed by atoms with Gasteiger partial charge in [-0.3, -0.25) is 0 Å².